The molecule has 1 N–H and O–H groups in total. The maximum atomic E-state index is 9.52. The lowest BCUT2D eigenvalue weighted by atomic mass is 9.62. The van der Waals surface area contributed by atoms with Crippen LogP contribution < -0.4 is 5.32 Å². The number of rotatable bonds is 4. The molecule has 0 amide bonds. The summed E-state index contributed by atoms with van der Waals surface area (Å²) in [6.07, 6.45) is 1.68. The van der Waals surface area contributed by atoms with Gasteiger partial charge in [-0.1, -0.05) is 30.3 Å². The van der Waals surface area contributed by atoms with Crippen LogP contribution in [0.2, 0.25) is 0 Å². The van der Waals surface area contributed by atoms with Crippen molar-refractivity contribution in [2.75, 3.05) is 0 Å². The summed E-state index contributed by atoms with van der Waals surface area (Å²) in [5.41, 5.74) is 1.73. The van der Waals surface area contributed by atoms with Gasteiger partial charge in [0, 0.05) is 6.04 Å². The maximum Gasteiger partial charge on any atom is 0.208 e. The van der Waals surface area contributed by atoms with Gasteiger partial charge in [0.15, 0.2) is 0 Å². The van der Waals surface area contributed by atoms with Crippen molar-refractivity contribution in [3.63, 3.8) is 0 Å². The van der Waals surface area contributed by atoms with E-state index in [1.165, 1.54) is 0 Å². The number of nitriles is 1. The summed E-state index contributed by atoms with van der Waals surface area (Å²) in [5, 5.41) is 13.0. The number of oxazole rings is 1. The molecule has 1 fully saturated rings. The third-order valence-electron chi connectivity index (χ3n) is 4.34. The normalized spacial score (nSPS) is 24.3. The molecule has 4 nitrogen and oxygen atoms in total. The summed E-state index contributed by atoms with van der Waals surface area (Å²) in [6.45, 7) is 4.49. The summed E-state index contributed by atoms with van der Waals surface area (Å²) in [4.78, 5) is 4.36. The van der Waals surface area contributed by atoms with Crippen LogP contribution in [-0.2, 0) is 12.0 Å². The average molecular weight is 281 g/mol. The molecule has 3 rings (SSSR count). The first-order valence-corrected chi connectivity index (χ1v) is 7.26. The van der Waals surface area contributed by atoms with Gasteiger partial charge in [0.05, 0.1) is 23.7 Å². The summed E-state index contributed by atoms with van der Waals surface area (Å²) in [7, 11) is 0. The highest BCUT2D eigenvalue weighted by atomic mass is 16.4. The molecule has 1 aromatic heterocycles. The fourth-order valence-electron chi connectivity index (χ4n) is 2.92. The highest BCUT2D eigenvalue weighted by Gasteiger charge is 2.45. The Balaban J connectivity index is 1.59. The van der Waals surface area contributed by atoms with Crippen molar-refractivity contribution in [1.82, 2.24) is 10.3 Å². The van der Waals surface area contributed by atoms with E-state index in [1.807, 2.05) is 44.2 Å². The fraction of sp³-hybridized carbons (Fsp3) is 0.412. The molecule has 1 aromatic carbocycles. The molecule has 0 radical (unpaired) electrons. The molecule has 0 atom stereocenters. The Kier molecular flexibility index (Phi) is 3.52. The molecule has 0 bridgehead atoms. The molecule has 2 aromatic rings. The van der Waals surface area contributed by atoms with E-state index >= 15 is 0 Å². The lowest BCUT2D eigenvalue weighted by Gasteiger charge is -2.43. The second kappa shape index (κ2) is 5.34. The molecule has 1 heterocycles. The highest BCUT2D eigenvalue weighted by molar-refractivity contribution is 5.36. The number of hydrogen-bond donors (Lipinski definition) is 1. The first kappa shape index (κ1) is 13.8. The number of aryl methyl sites for hydroxylation is 2. The van der Waals surface area contributed by atoms with E-state index < -0.39 is 0 Å². The Morgan fingerprint density at radius 1 is 1.33 bits per heavy atom. The summed E-state index contributed by atoms with van der Waals surface area (Å²) in [6, 6.07) is 12.9. The van der Waals surface area contributed by atoms with Crippen molar-refractivity contribution in [3.05, 3.63) is 53.2 Å². The third kappa shape index (κ3) is 2.57. The average Bonchev–Trinajstić information content (AvgIpc) is 2.78. The van der Waals surface area contributed by atoms with Crippen LogP contribution >= 0.6 is 0 Å². The maximum absolute atomic E-state index is 9.52. The van der Waals surface area contributed by atoms with Crippen LogP contribution in [-0.4, -0.2) is 11.0 Å². The van der Waals surface area contributed by atoms with Crippen molar-refractivity contribution in [1.29, 1.82) is 5.26 Å². The van der Waals surface area contributed by atoms with Crippen LogP contribution in [0.1, 0.15) is 35.7 Å². The summed E-state index contributed by atoms with van der Waals surface area (Å²) < 4.78 is 5.56. The zero-order valence-electron chi connectivity index (χ0n) is 12.4. The van der Waals surface area contributed by atoms with Gasteiger partial charge in [-0.3, -0.25) is 0 Å². The minimum atomic E-state index is -0.332. The molecule has 0 saturated heterocycles. The van der Waals surface area contributed by atoms with Crippen molar-refractivity contribution in [2.24, 2.45) is 0 Å². The molecular formula is C17H19N3O. The smallest absolute Gasteiger partial charge is 0.208 e. The van der Waals surface area contributed by atoms with E-state index in [2.05, 4.69) is 16.4 Å². The summed E-state index contributed by atoms with van der Waals surface area (Å²) >= 11 is 0. The van der Waals surface area contributed by atoms with Gasteiger partial charge in [-0.25, -0.2) is 4.98 Å². The standard InChI is InChI=1S/C17H19N3O/c1-12-13(2)21-16(20-12)10-19-15-8-17(9-15,11-18)14-6-4-3-5-7-14/h3-7,15,19H,8-10H2,1-2H3. The highest BCUT2D eigenvalue weighted by Crippen LogP contribution is 2.43. The zero-order chi connectivity index (χ0) is 14.9. The van der Waals surface area contributed by atoms with Gasteiger partial charge in [-0.2, -0.15) is 5.26 Å². The number of hydrogen-bond acceptors (Lipinski definition) is 4. The lowest BCUT2D eigenvalue weighted by molar-refractivity contribution is 0.220. The molecule has 1 aliphatic carbocycles. The minimum absolute atomic E-state index is 0.332. The van der Waals surface area contributed by atoms with Crippen LogP contribution in [0, 0.1) is 25.2 Å². The number of aromatic nitrogens is 1. The largest absolute Gasteiger partial charge is 0.444 e. The predicted octanol–water partition coefficient (Wildman–Crippen LogP) is 3.01. The summed E-state index contributed by atoms with van der Waals surface area (Å²) in [5.74, 6) is 1.59. The first-order valence-electron chi connectivity index (χ1n) is 7.26. The van der Waals surface area contributed by atoms with Gasteiger partial charge in [-0.05, 0) is 32.3 Å². The Labute approximate surface area is 124 Å². The lowest BCUT2D eigenvalue weighted by Crippen LogP contribution is -2.50. The monoisotopic (exact) mass is 281 g/mol. The Morgan fingerprint density at radius 2 is 2.05 bits per heavy atom. The topological polar surface area (TPSA) is 61.9 Å². The Hall–Kier alpha value is -2.12. The van der Waals surface area contributed by atoms with Gasteiger partial charge in [0.25, 0.3) is 0 Å². The van der Waals surface area contributed by atoms with Crippen molar-refractivity contribution < 1.29 is 4.42 Å². The van der Waals surface area contributed by atoms with Gasteiger partial charge >= 0.3 is 0 Å². The predicted molar refractivity (Wildman–Crippen MR) is 79.6 cm³/mol. The third-order valence-corrected chi connectivity index (χ3v) is 4.34. The van der Waals surface area contributed by atoms with Crippen molar-refractivity contribution >= 4 is 0 Å². The van der Waals surface area contributed by atoms with Crippen LogP contribution in [0.15, 0.2) is 34.7 Å². The van der Waals surface area contributed by atoms with Crippen LogP contribution in [0.25, 0.3) is 0 Å². The molecule has 0 aliphatic heterocycles. The van der Waals surface area contributed by atoms with E-state index in [9.17, 15) is 5.26 Å². The van der Waals surface area contributed by atoms with Gasteiger partial charge in [0.1, 0.15) is 5.76 Å². The number of benzene rings is 1. The van der Waals surface area contributed by atoms with Crippen LogP contribution in [0.3, 0.4) is 0 Å². The van der Waals surface area contributed by atoms with Crippen LogP contribution in [0.5, 0.6) is 0 Å². The SMILES string of the molecule is Cc1nc(CNC2CC(C#N)(c3ccccc3)C2)oc1C. The van der Waals surface area contributed by atoms with Gasteiger partial charge in [0.2, 0.25) is 5.89 Å². The number of nitrogens with one attached hydrogen (secondary N) is 1. The first-order chi connectivity index (χ1) is 10.1. The van der Waals surface area contributed by atoms with E-state index in [0.29, 0.717) is 12.6 Å². The van der Waals surface area contributed by atoms with E-state index in [0.717, 1.165) is 35.7 Å². The fourth-order valence-corrected chi connectivity index (χ4v) is 2.92. The van der Waals surface area contributed by atoms with Crippen LogP contribution in [0.4, 0.5) is 0 Å². The van der Waals surface area contributed by atoms with E-state index in [4.69, 9.17) is 4.42 Å². The molecular weight excluding hydrogens is 262 g/mol. The molecule has 108 valence electrons. The van der Waals surface area contributed by atoms with Crippen molar-refractivity contribution in [3.8, 4) is 6.07 Å². The molecule has 0 unspecified atom stereocenters. The molecule has 21 heavy (non-hydrogen) atoms. The zero-order valence-corrected chi connectivity index (χ0v) is 12.4. The molecule has 1 saturated carbocycles. The second-order valence-corrected chi connectivity index (χ2v) is 5.80. The molecule has 1 aliphatic rings. The Bertz CT molecular complexity index is 644. The van der Waals surface area contributed by atoms with Gasteiger partial charge in [-0.15, -0.1) is 0 Å². The van der Waals surface area contributed by atoms with E-state index in [1.54, 1.807) is 0 Å². The minimum Gasteiger partial charge on any atom is -0.444 e. The van der Waals surface area contributed by atoms with E-state index in [-0.39, 0.29) is 5.41 Å². The quantitative estimate of drug-likeness (QED) is 0.935. The Morgan fingerprint density at radius 3 is 2.62 bits per heavy atom. The van der Waals surface area contributed by atoms with Gasteiger partial charge < -0.3 is 9.73 Å². The second-order valence-electron chi connectivity index (χ2n) is 5.80. The number of nitrogens with zero attached hydrogens (tertiary/aromatic N) is 2. The van der Waals surface area contributed by atoms with Crippen molar-refractivity contribution in [2.45, 2.75) is 44.7 Å². The molecule has 0 spiro atoms. The molecule has 4 heteroatoms.